The van der Waals surface area contributed by atoms with Gasteiger partial charge in [-0.15, -0.1) is 13.2 Å². The Kier molecular flexibility index (Phi) is 7.20. The molecule has 5 nitrogen and oxygen atoms in total. The molecule has 0 unspecified atom stereocenters. The Morgan fingerprint density at radius 3 is 1.88 bits per heavy atom. The molecule has 0 aliphatic heterocycles. The standard InChI is InChI=1S/C26H23F3O5/c1-25(2,3)18-5-7-20(8-6-18)33-23-14-13-22(16-17(23)4-15-24(30)31)32-19-9-11-21(12-10-19)34-26(27,28)29/h4-16H,1-3H3,(H,30,31)/b15-4+. The van der Waals surface area contributed by atoms with Crippen LogP contribution >= 0.6 is 0 Å². The van der Waals surface area contributed by atoms with Crippen molar-refractivity contribution < 1.29 is 37.3 Å². The third-order valence-electron chi connectivity index (χ3n) is 4.63. The number of halogens is 3. The maximum atomic E-state index is 12.3. The zero-order valence-electron chi connectivity index (χ0n) is 18.7. The molecule has 3 rings (SSSR count). The highest BCUT2D eigenvalue weighted by atomic mass is 19.4. The Morgan fingerprint density at radius 1 is 0.794 bits per heavy atom. The minimum atomic E-state index is -4.78. The van der Waals surface area contributed by atoms with Crippen molar-refractivity contribution in [1.82, 2.24) is 0 Å². The first kappa shape index (κ1) is 24.7. The number of hydrogen-bond acceptors (Lipinski definition) is 4. The van der Waals surface area contributed by atoms with E-state index < -0.39 is 12.3 Å². The van der Waals surface area contributed by atoms with Gasteiger partial charge in [-0.05, 0) is 71.7 Å². The van der Waals surface area contributed by atoms with Crippen molar-refractivity contribution in [2.45, 2.75) is 32.5 Å². The lowest BCUT2D eigenvalue weighted by molar-refractivity contribution is -0.274. The summed E-state index contributed by atoms with van der Waals surface area (Å²) in [5, 5.41) is 9.02. The summed E-state index contributed by atoms with van der Waals surface area (Å²) in [5.74, 6) is 0.0893. The monoisotopic (exact) mass is 472 g/mol. The molecule has 0 fully saturated rings. The van der Waals surface area contributed by atoms with E-state index in [0.29, 0.717) is 22.8 Å². The van der Waals surface area contributed by atoms with Crippen molar-refractivity contribution in [3.8, 4) is 28.7 Å². The molecule has 0 heterocycles. The highest BCUT2D eigenvalue weighted by Crippen LogP contribution is 2.34. The van der Waals surface area contributed by atoms with Crippen LogP contribution in [-0.2, 0) is 10.2 Å². The van der Waals surface area contributed by atoms with E-state index >= 15 is 0 Å². The molecule has 178 valence electrons. The van der Waals surface area contributed by atoms with Gasteiger partial charge in [-0.3, -0.25) is 0 Å². The summed E-state index contributed by atoms with van der Waals surface area (Å²) < 4.78 is 52.4. The Hall–Kier alpha value is -3.94. The number of benzene rings is 3. The summed E-state index contributed by atoms with van der Waals surface area (Å²) in [5.41, 5.74) is 1.57. The minimum absolute atomic E-state index is 0.00995. The molecule has 8 heteroatoms. The van der Waals surface area contributed by atoms with Crippen molar-refractivity contribution in [3.63, 3.8) is 0 Å². The molecular weight excluding hydrogens is 449 g/mol. The third kappa shape index (κ3) is 7.30. The van der Waals surface area contributed by atoms with E-state index in [2.05, 4.69) is 25.5 Å². The number of ether oxygens (including phenoxy) is 3. The fourth-order valence-electron chi connectivity index (χ4n) is 2.97. The third-order valence-corrected chi connectivity index (χ3v) is 4.63. The van der Waals surface area contributed by atoms with Gasteiger partial charge in [-0.1, -0.05) is 32.9 Å². The quantitative estimate of drug-likeness (QED) is 0.359. The van der Waals surface area contributed by atoms with E-state index in [-0.39, 0.29) is 16.9 Å². The van der Waals surface area contributed by atoms with Crippen molar-refractivity contribution in [2.24, 2.45) is 0 Å². The van der Waals surface area contributed by atoms with Gasteiger partial charge in [0.25, 0.3) is 0 Å². The first-order valence-corrected chi connectivity index (χ1v) is 10.3. The van der Waals surface area contributed by atoms with E-state index in [0.717, 1.165) is 23.8 Å². The van der Waals surface area contributed by atoms with Crippen molar-refractivity contribution in [3.05, 3.63) is 83.9 Å². The number of carbonyl (C=O) groups is 1. The number of carboxylic acids is 1. The van der Waals surface area contributed by atoms with Crippen LogP contribution in [0.4, 0.5) is 13.2 Å². The average Bonchev–Trinajstić information content (AvgIpc) is 2.74. The maximum absolute atomic E-state index is 12.3. The Labute approximate surface area is 195 Å². The van der Waals surface area contributed by atoms with Gasteiger partial charge in [0.05, 0.1) is 0 Å². The lowest BCUT2D eigenvalue weighted by Crippen LogP contribution is -2.16. The van der Waals surface area contributed by atoms with E-state index in [1.54, 1.807) is 18.2 Å². The van der Waals surface area contributed by atoms with Gasteiger partial charge in [-0.2, -0.15) is 0 Å². The van der Waals surface area contributed by atoms with Crippen LogP contribution in [0.1, 0.15) is 31.9 Å². The Balaban J connectivity index is 1.82. The smallest absolute Gasteiger partial charge is 0.478 e. The number of hydrogen-bond donors (Lipinski definition) is 1. The highest BCUT2D eigenvalue weighted by molar-refractivity contribution is 5.86. The van der Waals surface area contributed by atoms with E-state index in [9.17, 15) is 18.0 Å². The lowest BCUT2D eigenvalue weighted by atomic mass is 9.87. The fraction of sp³-hybridized carbons (Fsp3) is 0.192. The molecule has 0 radical (unpaired) electrons. The van der Waals surface area contributed by atoms with Gasteiger partial charge in [0.1, 0.15) is 28.7 Å². The van der Waals surface area contributed by atoms with Gasteiger partial charge in [0.15, 0.2) is 0 Å². The molecule has 0 atom stereocenters. The maximum Gasteiger partial charge on any atom is 0.573 e. The molecule has 3 aromatic rings. The predicted molar refractivity (Wildman–Crippen MR) is 122 cm³/mol. The molecule has 0 aliphatic rings. The molecule has 0 spiro atoms. The van der Waals surface area contributed by atoms with Crippen LogP contribution in [0.3, 0.4) is 0 Å². The summed E-state index contributed by atoms with van der Waals surface area (Å²) >= 11 is 0. The van der Waals surface area contributed by atoms with Crippen LogP contribution < -0.4 is 14.2 Å². The minimum Gasteiger partial charge on any atom is -0.478 e. The lowest BCUT2D eigenvalue weighted by Gasteiger charge is -2.19. The SMILES string of the molecule is CC(C)(C)c1ccc(Oc2ccc(Oc3ccc(OC(F)(F)F)cc3)cc2/C=C/C(=O)O)cc1. The van der Waals surface area contributed by atoms with Gasteiger partial charge in [0, 0.05) is 11.6 Å². The average molecular weight is 472 g/mol. The van der Waals surface area contributed by atoms with Crippen LogP contribution in [0.15, 0.2) is 72.8 Å². The van der Waals surface area contributed by atoms with Crippen molar-refractivity contribution >= 4 is 12.0 Å². The van der Waals surface area contributed by atoms with Crippen molar-refractivity contribution in [1.29, 1.82) is 0 Å². The Morgan fingerprint density at radius 2 is 1.32 bits per heavy atom. The number of aliphatic carboxylic acids is 1. The summed E-state index contributed by atoms with van der Waals surface area (Å²) in [6.07, 6.45) is -2.44. The van der Waals surface area contributed by atoms with Gasteiger partial charge < -0.3 is 19.3 Å². The summed E-state index contributed by atoms with van der Waals surface area (Å²) in [7, 11) is 0. The van der Waals surface area contributed by atoms with Crippen LogP contribution in [0.2, 0.25) is 0 Å². The molecule has 0 saturated heterocycles. The number of alkyl halides is 3. The summed E-state index contributed by atoms with van der Waals surface area (Å²) in [4.78, 5) is 11.0. The second-order valence-electron chi connectivity index (χ2n) is 8.37. The second-order valence-corrected chi connectivity index (χ2v) is 8.37. The first-order valence-electron chi connectivity index (χ1n) is 10.3. The van der Waals surface area contributed by atoms with E-state index in [1.807, 2.05) is 24.3 Å². The van der Waals surface area contributed by atoms with E-state index in [4.69, 9.17) is 14.6 Å². The molecule has 34 heavy (non-hydrogen) atoms. The predicted octanol–water partition coefficient (Wildman–Crippen LogP) is 7.57. The normalized spacial score (nSPS) is 11.9. The van der Waals surface area contributed by atoms with Crippen LogP contribution in [0.5, 0.6) is 28.7 Å². The summed E-state index contributed by atoms with van der Waals surface area (Å²) in [6.45, 7) is 6.31. The topological polar surface area (TPSA) is 65.0 Å². The van der Waals surface area contributed by atoms with Gasteiger partial charge >= 0.3 is 12.3 Å². The zero-order valence-corrected chi connectivity index (χ0v) is 18.7. The summed E-state index contributed by atoms with van der Waals surface area (Å²) in [6, 6.07) is 17.3. The largest absolute Gasteiger partial charge is 0.573 e. The molecule has 0 aromatic heterocycles. The van der Waals surface area contributed by atoms with Crippen LogP contribution in [0, 0.1) is 0 Å². The molecule has 0 aliphatic carbocycles. The molecule has 0 bridgehead atoms. The van der Waals surface area contributed by atoms with E-state index in [1.165, 1.54) is 18.2 Å². The molecular formula is C26H23F3O5. The zero-order chi connectivity index (χ0) is 24.9. The van der Waals surface area contributed by atoms with Gasteiger partial charge in [0.2, 0.25) is 0 Å². The molecule has 3 aromatic carbocycles. The first-order chi connectivity index (χ1) is 15.9. The molecule has 0 saturated carbocycles. The van der Waals surface area contributed by atoms with Crippen LogP contribution in [0.25, 0.3) is 6.08 Å². The van der Waals surface area contributed by atoms with Crippen molar-refractivity contribution in [2.75, 3.05) is 0 Å². The number of rotatable bonds is 7. The second kappa shape index (κ2) is 9.91. The van der Waals surface area contributed by atoms with Gasteiger partial charge in [-0.25, -0.2) is 4.79 Å². The Bertz CT molecular complexity index is 1160. The van der Waals surface area contributed by atoms with Crippen LogP contribution in [-0.4, -0.2) is 17.4 Å². The molecule has 1 N–H and O–H groups in total. The fourth-order valence-corrected chi connectivity index (χ4v) is 2.97. The molecule has 0 amide bonds. The number of carboxylic acid groups (broad SMARTS) is 1. The highest BCUT2D eigenvalue weighted by Gasteiger charge is 2.31.